The molecule has 0 saturated carbocycles. The van der Waals surface area contributed by atoms with E-state index in [1.165, 1.54) is 0 Å². The van der Waals surface area contributed by atoms with E-state index in [0.29, 0.717) is 22.9 Å². The summed E-state index contributed by atoms with van der Waals surface area (Å²) in [6.45, 7) is 0.605. The molecule has 1 unspecified atom stereocenters. The Morgan fingerprint density at radius 1 is 1.38 bits per heavy atom. The van der Waals surface area contributed by atoms with Crippen LogP contribution in [0.3, 0.4) is 0 Å². The number of rotatable bonds is 1. The molecule has 21 heavy (non-hydrogen) atoms. The summed E-state index contributed by atoms with van der Waals surface area (Å²) in [6, 6.07) is 7.25. The SMILES string of the molecule is O=C(c1ccnc2cc(Cl)ccc12)N1C[C@@H]2C[C@H]1CS2=O. The van der Waals surface area contributed by atoms with Crippen LogP contribution < -0.4 is 0 Å². The van der Waals surface area contributed by atoms with Gasteiger partial charge in [-0.3, -0.25) is 14.0 Å². The van der Waals surface area contributed by atoms with Crippen LogP contribution in [-0.4, -0.2) is 43.6 Å². The third-order valence-electron chi connectivity index (χ3n) is 4.30. The molecular weight excluding hydrogens is 308 g/mol. The van der Waals surface area contributed by atoms with Crippen LogP contribution in [-0.2, 0) is 10.8 Å². The van der Waals surface area contributed by atoms with Gasteiger partial charge in [-0.15, -0.1) is 0 Å². The predicted octanol–water partition coefficient (Wildman–Crippen LogP) is 2.23. The zero-order chi connectivity index (χ0) is 14.6. The number of likely N-dealkylation sites (tertiary alicyclic amines) is 1. The molecule has 0 aliphatic carbocycles. The van der Waals surface area contributed by atoms with Crippen molar-refractivity contribution < 1.29 is 9.00 Å². The number of aromatic nitrogens is 1. The maximum atomic E-state index is 12.8. The Hall–Kier alpha value is -1.46. The van der Waals surface area contributed by atoms with E-state index < -0.39 is 10.8 Å². The monoisotopic (exact) mass is 320 g/mol. The molecule has 108 valence electrons. The Bertz CT molecular complexity index is 779. The van der Waals surface area contributed by atoms with Crippen LogP contribution in [0.4, 0.5) is 0 Å². The number of carbonyl (C=O) groups is 1. The van der Waals surface area contributed by atoms with Gasteiger partial charge in [0, 0.05) is 45.7 Å². The lowest BCUT2D eigenvalue weighted by Crippen LogP contribution is -2.42. The number of amides is 1. The maximum absolute atomic E-state index is 12.8. The van der Waals surface area contributed by atoms with Crippen LogP contribution in [0.25, 0.3) is 10.9 Å². The minimum atomic E-state index is -0.758. The summed E-state index contributed by atoms with van der Waals surface area (Å²) in [4.78, 5) is 18.9. The normalized spacial score (nSPS) is 27.5. The zero-order valence-electron chi connectivity index (χ0n) is 11.2. The Labute approximate surface area is 129 Å². The minimum absolute atomic E-state index is 0.00826. The molecule has 2 bridgehead atoms. The van der Waals surface area contributed by atoms with Crippen molar-refractivity contribution in [1.82, 2.24) is 9.88 Å². The van der Waals surface area contributed by atoms with E-state index >= 15 is 0 Å². The minimum Gasteiger partial charge on any atom is -0.333 e. The molecule has 2 aliphatic heterocycles. The van der Waals surface area contributed by atoms with Crippen molar-refractivity contribution in [1.29, 1.82) is 0 Å². The predicted molar refractivity (Wildman–Crippen MR) is 83.0 cm³/mol. The summed E-state index contributed by atoms with van der Waals surface area (Å²) < 4.78 is 11.7. The number of carbonyl (C=O) groups excluding carboxylic acids is 1. The van der Waals surface area contributed by atoms with Crippen LogP contribution in [0.5, 0.6) is 0 Å². The third-order valence-corrected chi connectivity index (χ3v) is 6.33. The van der Waals surface area contributed by atoms with Gasteiger partial charge in [0.25, 0.3) is 5.91 Å². The average Bonchev–Trinajstić information content (AvgIpc) is 3.04. The van der Waals surface area contributed by atoms with Crippen molar-refractivity contribution >= 4 is 39.2 Å². The number of benzene rings is 1. The summed E-state index contributed by atoms with van der Waals surface area (Å²) in [5.74, 6) is 0.625. The lowest BCUT2D eigenvalue weighted by molar-refractivity contribution is 0.0748. The van der Waals surface area contributed by atoms with E-state index in [1.54, 1.807) is 24.4 Å². The van der Waals surface area contributed by atoms with Crippen molar-refractivity contribution in [2.24, 2.45) is 0 Å². The molecule has 2 saturated heterocycles. The number of pyridine rings is 1. The highest BCUT2D eigenvalue weighted by molar-refractivity contribution is 7.86. The van der Waals surface area contributed by atoms with Crippen molar-refractivity contribution in [3.8, 4) is 0 Å². The van der Waals surface area contributed by atoms with Crippen LogP contribution in [0.15, 0.2) is 30.5 Å². The highest BCUT2D eigenvalue weighted by atomic mass is 35.5. The first-order chi connectivity index (χ1) is 10.1. The number of hydrogen-bond donors (Lipinski definition) is 0. The highest BCUT2D eigenvalue weighted by Gasteiger charge is 2.45. The summed E-state index contributed by atoms with van der Waals surface area (Å²) in [6.07, 6.45) is 2.51. The van der Waals surface area contributed by atoms with E-state index in [1.807, 2.05) is 11.0 Å². The second-order valence-corrected chi connectivity index (χ2v) is 7.73. The lowest BCUT2D eigenvalue weighted by Gasteiger charge is -2.27. The summed E-state index contributed by atoms with van der Waals surface area (Å²) in [5.41, 5.74) is 1.37. The number of halogens is 1. The number of hydrogen-bond acceptors (Lipinski definition) is 3. The fourth-order valence-electron chi connectivity index (χ4n) is 3.26. The summed E-state index contributed by atoms with van der Waals surface area (Å²) in [7, 11) is -0.758. The number of fused-ring (bicyclic) bond motifs is 3. The van der Waals surface area contributed by atoms with E-state index in [2.05, 4.69) is 4.98 Å². The van der Waals surface area contributed by atoms with Crippen molar-refractivity contribution in [3.63, 3.8) is 0 Å². The molecule has 4 nitrogen and oxygen atoms in total. The van der Waals surface area contributed by atoms with Crippen molar-refractivity contribution in [2.75, 3.05) is 12.3 Å². The first kappa shape index (κ1) is 13.2. The molecule has 2 fully saturated rings. The van der Waals surface area contributed by atoms with Gasteiger partial charge in [-0.2, -0.15) is 0 Å². The van der Waals surface area contributed by atoms with Crippen molar-refractivity contribution in [2.45, 2.75) is 17.7 Å². The molecule has 0 spiro atoms. The molecule has 2 aromatic rings. The average molecular weight is 321 g/mol. The van der Waals surface area contributed by atoms with E-state index in [4.69, 9.17) is 11.6 Å². The fraction of sp³-hybridized carbons (Fsp3) is 0.333. The van der Waals surface area contributed by atoms with Crippen LogP contribution in [0.2, 0.25) is 5.02 Å². The van der Waals surface area contributed by atoms with Gasteiger partial charge in [0.1, 0.15) is 0 Å². The lowest BCUT2D eigenvalue weighted by atomic mass is 10.1. The molecule has 1 amide bonds. The molecular formula is C15H13ClN2O2S. The number of nitrogens with zero attached hydrogens (tertiary/aromatic N) is 2. The summed E-state index contributed by atoms with van der Waals surface area (Å²) >= 11 is 5.98. The molecule has 0 radical (unpaired) electrons. The van der Waals surface area contributed by atoms with Gasteiger partial charge in [-0.05, 0) is 24.6 Å². The molecule has 3 heterocycles. The second-order valence-electron chi connectivity index (χ2n) is 5.54. The van der Waals surface area contributed by atoms with Gasteiger partial charge in [0.15, 0.2) is 0 Å². The molecule has 3 atom stereocenters. The zero-order valence-corrected chi connectivity index (χ0v) is 12.7. The van der Waals surface area contributed by atoms with E-state index in [0.717, 1.165) is 17.3 Å². The Kier molecular flexibility index (Phi) is 3.01. The maximum Gasteiger partial charge on any atom is 0.254 e. The molecule has 4 rings (SSSR count). The van der Waals surface area contributed by atoms with Crippen molar-refractivity contribution in [3.05, 3.63) is 41.0 Å². The highest BCUT2D eigenvalue weighted by Crippen LogP contribution is 2.32. The van der Waals surface area contributed by atoms with E-state index in [9.17, 15) is 9.00 Å². The smallest absolute Gasteiger partial charge is 0.254 e. The molecule has 2 aliphatic rings. The molecule has 1 aromatic carbocycles. The molecule has 1 aromatic heterocycles. The first-order valence-electron chi connectivity index (χ1n) is 6.86. The van der Waals surface area contributed by atoms with E-state index in [-0.39, 0.29) is 17.2 Å². The Morgan fingerprint density at radius 2 is 2.24 bits per heavy atom. The van der Waals surface area contributed by atoms with Crippen LogP contribution in [0, 0.1) is 0 Å². The summed E-state index contributed by atoms with van der Waals surface area (Å²) in [5, 5.41) is 1.58. The fourth-order valence-corrected chi connectivity index (χ4v) is 5.16. The van der Waals surface area contributed by atoms with Gasteiger partial charge < -0.3 is 4.90 Å². The van der Waals surface area contributed by atoms with Gasteiger partial charge >= 0.3 is 0 Å². The van der Waals surface area contributed by atoms with Gasteiger partial charge in [-0.25, -0.2) is 0 Å². The van der Waals surface area contributed by atoms with Gasteiger partial charge in [-0.1, -0.05) is 17.7 Å². The largest absolute Gasteiger partial charge is 0.333 e. The third kappa shape index (κ3) is 2.07. The van der Waals surface area contributed by atoms with Gasteiger partial charge in [0.05, 0.1) is 16.3 Å². The molecule has 0 N–H and O–H groups in total. The van der Waals surface area contributed by atoms with Crippen LogP contribution in [0.1, 0.15) is 16.8 Å². The standard InChI is InChI=1S/C15H13ClN2O2S/c16-9-1-2-12-13(3-4-17-14(12)5-9)15(19)18-7-11-6-10(18)8-21(11)20/h1-5,10-11H,6-8H2/t10-,11-,21?/m0/s1. The molecule has 6 heteroatoms. The first-order valence-corrected chi connectivity index (χ1v) is 8.62. The van der Waals surface area contributed by atoms with Gasteiger partial charge in [0.2, 0.25) is 0 Å². The second kappa shape index (κ2) is 4.78. The Balaban J connectivity index is 1.74. The topological polar surface area (TPSA) is 50.3 Å². The van der Waals surface area contributed by atoms with Crippen LogP contribution >= 0.6 is 11.6 Å². The Morgan fingerprint density at radius 3 is 2.95 bits per heavy atom. The quantitative estimate of drug-likeness (QED) is 0.809.